The van der Waals surface area contributed by atoms with E-state index in [1.54, 1.807) is 0 Å². The van der Waals surface area contributed by atoms with E-state index in [2.05, 4.69) is 50.5 Å². The van der Waals surface area contributed by atoms with Crippen LogP contribution in [0.15, 0.2) is 0 Å². The summed E-state index contributed by atoms with van der Waals surface area (Å²) in [5.74, 6) is -0.721. The molecule has 13 heteroatoms. The van der Waals surface area contributed by atoms with E-state index in [0.29, 0.717) is 0 Å². The summed E-state index contributed by atoms with van der Waals surface area (Å²) in [7, 11) is 0. The molecule has 0 radical (unpaired) electrons. The zero-order chi connectivity index (χ0) is 19.9. The van der Waals surface area contributed by atoms with Crippen molar-refractivity contribution >= 4 is 69.2 Å². The summed E-state index contributed by atoms with van der Waals surface area (Å²) in [4.78, 5) is 51.8. The van der Waals surface area contributed by atoms with E-state index in [-0.39, 0.29) is 23.0 Å². The molecule has 0 unspecified atom stereocenters. The molecular weight excluding hydrogens is 448 g/mol. The summed E-state index contributed by atoms with van der Waals surface area (Å²) >= 11 is 11.1. The molecule has 8 N–H and O–H groups in total. The van der Waals surface area contributed by atoms with Crippen LogP contribution in [0.25, 0.3) is 0 Å². The molecule has 148 valence electrons. The van der Waals surface area contributed by atoms with Gasteiger partial charge in [-0.15, -0.1) is 0 Å². The molecule has 0 rings (SSSR count). The molecule has 0 amide bonds. The number of carbonyl (C=O) groups is 4. The molecule has 0 spiro atoms. The predicted molar refractivity (Wildman–Crippen MR) is 107 cm³/mol. The fourth-order valence-corrected chi connectivity index (χ4v) is 7.41. The summed E-state index contributed by atoms with van der Waals surface area (Å²) in [5.41, 5.74) is 22.8. The molecule has 0 aromatic heterocycles. The van der Waals surface area contributed by atoms with Gasteiger partial charge in [0.1, 0.15) is 0 Å². The van der Waals surface area contributed by atoms with Crippen LogP contribution in [0.2, 0.25) is 0 Å². The second kappa shape index (κ2) is 11.3. The molecule has 4 atom stereocenters. The Hall–Kier alpha value is 0.439. The summed E-state index contributed by atoms with van der Waals surface area (Å²) in [5, 5.41) is 0. The van der Waals surface area contributed by atoms with Gasteiger partial charge >= 0.3 is 171 Å². The first-order valence-electron chi connectivity index (χ1n) is 6.91. The first-order chi connectivity index (χ1) is 11.6. The van der Waals surface area contributed by atoms with Gasteiger partial charge in [-0.25, -0.2) is 0 Å². The number of nitrogens with two attached hydrogens (primary N) is 4. The Kier molecular flexibility index (Phi) is 11.5. The van der Waals surface area contributed by atoms with Crippen molar-refractivity contribution in [2.24, 2.45) is 22.9 Å². The van der Waals surface area contributed by atoms with Crippen LogP contribution in [0, 0.1) is 0 Å². The summed E-state index contributed by atoms with van der Waals surface area (Å²) in [6.07, 6.45) is 0. The van der Waals surface area contributed by atoms with Crippen LogP contribution in [0.5, 0.6) is 0 Å². The number of hydrogen-bond acceptors (Lipinski definition) is 12. The Morgan fingerprint density at radius 3 is 0.840 bits per heavy atom. The molecule has 0 aromatic carbocycles. The second-order valence-electron chi connectivity index (χ2n) is 4.85. The number of thiol groups is 4. The van der Waals surface area contributed by atoms with Gasteiger partial charge in [0, 0.05) is 0 Å². The Labute approximate surface area is 170 Å². The average molecular weight is 472 g/mol. The van der Waals surface area contributed by atoms with Crippen molar-refractivity contribution < 1.29 is 32.0 Å². The molecule has 0 aliphatic carbocycles. The summed E-state index contributed by atoms with van der Waals surface area (Å²) in [6.45, 7) is 0. The summed E-state index contributed by atoms with van der Waals surface area (Å²) in [6, 6.07) is -5.31. The predicted octanol–water partition coefficient (Wildman–Crippen LogP) is -2.72. The second-order valence-corrected chi connectivity index (χ2v) is 10.1. The molecule has 8 nitrogen and oxygen atoms in total. The summed E-state index contributed by atoms with van der Waals surface area (Å²) < 4.78 is -4.08. The van der Waals surface area contributed by atoms with Crippen molar-refractivity contribution in [1.82, 2.24) is 0 Å². The molecule has 0 aliphatic rings. The van der Waals surface area contributed by atoms with E-state index in [4.69, 9.17) is 22.9 Å². The van der Waals surface area contributed by atoms with E-state index in [1.807, 2.05) is 0 Å². The topological polar surface area (TPSA) is 172 Å². The van der Waals surface area contributed by atoms with E-state index < -0.39 is 55.7 Å². The van der Waals surface area contributed by atoms with E-state index in [9.17, 15) is 19.2 Å². The third kappa shape index (κ3) is 5.24. The van der Waals surface area contributed by atoms with Crippen molar-refractivity contribution in [1.29, 1.82) is 0 Å². The van der Waals surface area contributed by atoms with Gasteiger partial charge in [0.05, 0.1) is 0 Å². The molecule has 0 saturated heterocycles. The van der Waals surface area contributed by atoms with Crippen LogP contribution >= 0.6 is 50.5 Å². The van der Waals surface area contributed by atoms with Gasteiger partial charge in [0.25, 0.3) is 0 Å². The van der Waals surface area contributed by atoms with Crippen molar-refractivity contribution in [2.45, 2.75) is 24.2 Å². The minimum absolute atomic E-state index is 0.180. The number of hydrogen-bond donors (Lipinski definition) is 8. The van der Waals surface area contributed by atoms with Crippen LogP contribution in [0.3, 0.4) is 0 Å². The van der Waals surface area contributed by atoms with Gasteiger partial charge in [-0.3, -0.25) is 0 Å². The van der Waals surface area contributed by atoms with Gasteiger partial charge in [-0.05, 0) is 0 Å². The van der Waals surface area contributed by atoms with Crippen molar-refractivity contribution in [3.05, 3.63) is 0 Å². The van der Waals surface area contributed by atoms with Gasteiger partial charge in [0.15, 0.2) is 0 Å². The van der Waals surface area contributed by atoms with Crippen molar-refractivity contribution in [3.63, 3.8) is 0 Å². The fourth-order valence-electron chi connectivity index (χ4n) is 1.58. The van der Waals surface area contributed by atoms with E-state index in [1.165, 1.54) is 0 Å². The normalized spacial score (nSPS) is 17.3. The minimum atomic E-state index is -4.60. The Morgan fingerprint density at radius 1 is 0.560 bits per heavy atom. The van der Waals surface area contributed by atoms with Gasteiger partial charge in [-0.1, -0.05) is 0 Å². The molecule has 0 bridgehead atoms. The molecule has 0 aromatic rings. The Balaban J connectivity index is 6.72. The Bertz CT molecular complexity index is 446. The maximum atomic E-state index is 13.0. The van der Waals surface area contributed by atoms with Gasteiger partial charge in [0.2, 0.25) is 0 Å². The van der Waals surface area contributed by atoms with Gasteiger partial charge in [-0.2, -0.15) is 0 Å². The standard InChI is InChI=1S/4C3H6NOS.Fe/c4*4-3(1-5)2-6;/h4*3,6H,2,4H2;/t4*3-;/m1111./s1. The molecule has 0 heterocycles. The monoisotopic (exact) mass is 472 g/mol. The maximum absolute atomic E-state index is 13.0. The van der Waals surface area contributed by atoms with Crippen molar-refractivity contribution in [2.75, 3.05) is 23.0 Å². The molecular formula is C12H24FeN4O4S4. The third-order valence-electron chi connectivity index (χ3n) is 2.96. The van der Waals surface area contributed by atoms with Crippen LogP contribution in [0.4, 0.5) is 0 Å². The molecule has 0 aliphatic heterocycles. The Morgan fingerprint density at radius 2 is 0.720 bits per heavy atom. The first kappa shape index (κ1) is 25.4. The van der Waals surface area contributed by atoms with Crippen LogP contribution < -0.4 is 22.9 Å². The first-order valence-corrected chi connectivity index (χ1v) is 11.6. The van der Waals surface area contributed by atoms with Crippen LogP contribution in [-0.2, 0) is 32.0 Å². The zero-order valence-electron chi connectivity index (χ0n) is 13.2. The fraction of sp³-hybridized carbons (Fsp3) is 0.667. The quantitative estimate of drug-likeness (QED) is 0.112. The third-order valence-corrected chi connectivity index (χ3v) is 9.44. The number of rotatable bonds is 12. The molecule has 0 saturated carbocycles. The number of carbonyl (C=O) groups excluding carboxylic acids is 4. The van der Waals surface area contributed by atoms with E-state index in [0.717, 1.165) is 0 Å². The van der Waals surface area contributed by atoms with Gasteiger partial charge < -0.3 is 0 Å². The average Bonchev–Trinajstić information content (AvgIpc) is 2.64. The molecule has 0 fully saturated rings. The zero-order valence-corrected chi connectivity index (χ0v) is 17.9. The SMILES string of the molecule is N[C@@H](CS)[C](=O)[Fe]([C](=O)[C@@H](N)CS)([C](=O)[C@@H](N)CS)[C](=O)[C@@H](N)CS. The molecule has 25 heavy (non-hydrogen) atoms. The van der Waals surface area contributed by atoms with Crippen molar-refractivity contribution in [3.8, 4) is 0 Å². The van der Waals surface area contributed by atoms with Crippen LogP contribution in [-0.4, -0.2) is 65.9 Å². The van der Waals surface area contributed by atoms with Crippen LogP contribution in [0.1, 0.15) is 0 Å². The van der Waals surface area contributed by atoms with E-state index >= 15 is 0 Å².